The third-order valence-corrected chi connectivity index (χ3v) is 6.79. The number of alkyl halides is 3. The molecular weight excluding hydrogens is 423 g/mol. The van der Waals surface area contributed by atoms with Crippen LogP contribution in [-0.4, -0.2) is 75.8 Å². The number of likely N-dealkylation sites (tertiary alicyclic amines) is 2. The van der Waals surface area contributed by atoms with Crippen molar-refractivity contribution < 1.29 is 32.6 Å². The van der Waals surface area contributed by atoms with Crippen LogP contribution in [0.4, 0.5) is 13.2 Å². The van der Waals surface area contributed by atoms with E-state index in [1.54, 1.807) is 11.3 Å². The van der Waals surface area contributed by atoms with E-state index in [4.69, 9.17) is 14.6 Å². The van der Waals surface area contributed by atoms with Crippen LogP contribution in [0.3, 0.4) is 0 Å². The second kappa shape index (κ2) is 9.19. The number of aliphatic carboxylic acids is 1. The van der Waals surface area contributed by atoms with E-state index in [0.717, 1.165) is 70.6 Å². The molecule has 1 aromatic heterocycles. The number of hydrogen-bond donors (Lipinski definition) is 1. The van der Waals surface area contributed by atoms with Gasteiger partial charge >= 0.3 is 12.1 Å². The quantitative estimate of drug-likeness (QED) is 0.764. The first-order valence-electron chi connectivity index (χ1n) is 9.94. The number of rotatable bonds is 3. The fraction of sp³-hybridized carbons (Fsp3) is 0.737. The molecule has 7 nitrogen and oxygen atoms in total. The van der Waals surface area contributed by atoms with Crippen LogP contribution in [0.2, 0.25) is 0 Å². The average Bonchev–Trinajstić information content (AvgIpc) is 3.37. The second-order valence-electron chi connectivity index (χ2n) is 7.99. The van der Waals surface area contributed by atoms with Crippen molar-refractivity contribution in [3.63, 3.8) is 0 Å². The molecule has 0 aliphatic carbocycles. The fourth-order valence-corrected chi connectivity index (χ4v) is 5.17. The first kappa shape index (κ1) is 23.0. The van der Waals surface area contributed by atoms with Crippen molar-refractivity contribution in [2.24, 2.45) is 0 Å². The van der Waals surface area contributed by atoms with Gasteiger partial charge in [0, 0.05) is 50.1 Å². The predicted molar refractivity (Wildman–Crippen MR) is 103 cm³/mol. The monoisotopic (exact) mass is 449 g/mol. The van der Waals surface area contributed by atoms with Gasteiger partial charge in [0.1, 0.15) is 0 Å². The Morgan fingerprint density at radius 2 is 2.17 bits per heavy atom. The molecule has 3 aliphatic rings. The minimum atomic E-state index is -5.08. The van der Waals surface area contributed by atoms with Crippen molar-refractivity contribution in [1.82, 2.24) is 14.8 Å². The van der Waals surface area contributed by atoms with Gasteiger partial charge in [-0.2, -0.15) is 13.2 Å². The molecule has 1 aromatic rings. The van der Waals surface area contributed by atoms with Crippen molar-refractivity contribution in [3.05, 3.63) is 16.1 Å². The molecule has 0 bridgehead atoms. The van der Waals surface area contributed by atoms with E-state index in [0.29, 0.717) is 11.9 Å². The molecule has 30 heavy (non-hydrogen) atoms. The van der Waals surface area contributed by atoms with Crippen LogP contribution in [0, 0.1) is 6.92 Å². The van der Waals surface area contributed by atoms with Gasteiger partial charge in [-0.25, -0.2) is 9.78 Å². The van der Waals surface area contributed by atoms with Crippen LogP contribution in [0.1, 0.15) is 42.7 Å². The van der Waals surface area contributed by atoms with Gasteiger partial charge in [-0.15, -0.1) is 11.3 Å². The second-order valence-corrected chi connectivity index (χ2v) is 8.93. The van der Waals surface area contributed by atoms with Crippen LogP contribution in [0.15, 0.2) is 5.51 Å². The summed E-state index contributed by atoms with van der Waals surface area (Å²) in [5, 5.41) is 7.12. The number of carbonyl (C=O) groups is 2. The topological polar surface area (TPSA) is 83.0 Å². The molecule has 3 aliphatic heterocycles. The van der Waals surface area contributed by atoms with Crippen molar-refractivity contribution in [2.45, 2.75) is 63.4 Å². The van der Waals surface area contributed by atoms with Gasteiger partial charge in [0.25, 0.3) is 0 Å². The van der Waals surface area contributed by atoms with Gasteiger partial charge in [-0.1, -0.05) is 0 Å². The van der Waals surface area contributed by atoms with E-state index in [-0.39, 0.29) is 5.60 Å². The number of carbonyl (C=O) groups excluding carboxylic acids is 1. The standard InChI is InChI=1S/C17H25N3O2S.C2HF3O2/c1-13-15(23-12-18-13)10-19-7-5-17(11-19)9-14(4-8-22-17)20-6-2-3-16(20)21;3-2(4,5)1(6)7/h12,14H,2-11H2,1H3;(H,6,7)/t14-,17+;/m0./s1. The third-order valence-electron chi connectivity index (χ3n) is 5.87. The highest BCUT2D eigenvalue weighted by Crippen LogP contribution is 2.37. The van der Waals surface area contributed by atoms with E-state index < -0.39 is 12.1 Å². The molecule has 4 rings (SSSR count). The fourth-order valence-electron chi connectivity index (χ4n) is 4.35. The van der Waals surface area contributed by atoms with Crippen molar-refractivity contribution in [1.29, 1.82) is 0 Å². The maximum atomic E-state index is 12.1. The summed E-state index contributed by atoms with van der Waals surface area (Å²) < 4.78 is 38.0. The Morgan fingerprint density at radius 1 is 1.43 bits per heavy atom. The van der Waals surface area contributed by atoms with Crippen LogP contribution in [0.25, 0.3) is 0 Å². The summed E-state index contributed by atoms with van der Waals surface area (Å²) in [5.41, 5.74) is 3.05. The van der Waals surface area contributed by atoms with E-state index in [1.807, 2.05) is 5.51 Å². The highest BCUT2D eigenvalue weighted by Gasteiger charge is 2.45. The molecule has 4 heterocycles. The maximum absolute atomic E-state index is 12.1. The molecule has 1 amide bonds. The number of hydrogen-bond acceptors (Lipinski definition) is 6. The molecule has 11 heteroatoms. The normalized spacial score (nSPS) is 27.4. The lowest BCUT2D eigenvalue weighted by molar-refractivity contribution is -0.192. The van der Waals surface area contributed by atoms with Crippen LogP contribution < -0.4 is 0 Å². The molecule has 1 spiro atoms. The summed E-state index contributed by atoms with van der Waals surface area (Å²) >= 11 is 1.75. The number of halogens is 3. The van der Waals surface area contributed by atoms with E-state index in [2.05, 4.69) is 21.7 Å². The van der Waals surface area contributed by atoms with Crippen molar-refractivity contribution in [3.8, 4) is 0 Å². The summed E-state index contributed by atoms with van der Waals surface area (Å²) in [6.07, 6.45) is -0.219. The Kier molecular flexibility index (Phi) is 7.03. The number of carboxylic acids is 1. The predicted octanol–water partition coefficient (Wildman–Crippen LogP) is 2.83. The zero-order chi connectivity index (χ0) is 21.9. The van der Waals surface area contributed by atoms with Gasteiger partial charge in [0.15, 0.2) is 0 Å². The first-order valence-corrected chi connectivity index (χ1v) is 10.8. The Morgan fingerprint density at radius 3 is 2.73 bits per heavy atom. The maximum Gasteiger partial charge on any atom is 0.490 e. The number of carboxylic acid groups (broad SMARTS) is 1. The number of aromatic nitrogens is 1. The summed E-state index contributed by atoms with van der Waals surface area (Å²) in [7, 11) is 0. The zero-order valence-corrected chi connectivity index (χ0v) is 17.6. The molecule has 0 unspecified atom stereocenters. The lowest BCUT2D eigenvalue weighted by Gasteiger charge is -2.41. The number of nitrogens with zero attached hydrogens (tertiary/aromatic N) is 3. The molecule has 0 aromatic carbocycles. The third kappa shape index (κ3) is 5.50. The SMILES string of the molecule is Cc1ncsc1CN1CC[C@@]2(C[C@@H](N3CCCC3=O)CCO2)C1.O=C(O)C(F)(F)F. The number of aryl methyl sites for hydroxylation is 1. The van der Waals surface area contributed by atoms with Crippen LogP contribution in [0.5, 0.6) is 0 Å². The molecular formula is C19H26F3N3O4S. The lowest BCUT2D eigenvalue weighted by Crippen LogP contribution is -2.50. The number of amides is 1. The van der Waals surface area contributed by atoms with Gasteiger partial charge in [0.2, 0.25) is 5.91 Å². The van der Waals surface area contributed by atoms with Crippen LogP contribution in [-0.2, 0) is 20.9 Å². The minimum Gasteiger partial charge on any atom is -0.475 e. The summed E-state index contributed by atoms with van der Waals surface area (Å²) in [6.45, 7) is 6.88. The Bertz CT molecular complexity index is 772. The van der Waals surface area contributed by atoms with Gasteiger partial charge in [-0.05, 0) is 32.6 Å². The molecule has 3 fully saturated rings. The van der Waals surface area contributed by atoms with Gasteiger partial charge in [-0.3, -0.25) is 9.69 Å². The Balaban J connectivity index is 0.000000318. The van der Waals surface area contributed by atoms with E-state index in [9.17, 15) is 18.0 Å². The van der Waals surface area contributed by atoms with Crippen molar-refractivity contribution in [2.75, 3.05) is 26.2 Å². The van der Waals surface area contributed by atoms with E-state index >= 15 is 0 Å². The Labute approximate surface area is 176 Å². The molecule has 3 saturated heterocycles. The Hall–Kier alpha value is -1.72. The zero-order valence-electron chi connectivity index (χ0n) is 16.8. The molecule has 0 saturated carbocycles. The molecule has 1 N–H and O–H groups in total. The highest BCUT2D eigenvalue weighted by atomic mass is 32.1. The van der Waals surface area contributed by atoms with Gasteiger partial charge in [0.05, 0.1) is 16.8 Å². The highest BCUT2D eigenvalue weighted by molar-refractivity contribution is 7.09. The van der Waals surface area contributed by atoms with Gasteiger partial charge < -0.3 is 14.7 Å². The number of ether oxygens (including phenoxy) is 1. The largest absolute Gasteiger partial charge is 0.490 e. The molecule has 168 valence electrons. The lowest BCUT2D eigenvalue weighted by atomic mass is 9.89. The minimum absolute atomic E-state index is 0.0373. The molecule has 2 atom stereocenters. The first-order chi connectivity index (χ1) is 14.1. The van der Waals surface area contributed by atoms with E-state index in [1.165, 1.54) is 4.88 Å². The molecule has 0 radical (unpaired) electrons. The van der Waals surface area contributed by atoms with Crippen molar-refractivity contribution >= 4 is 23.2 Å². The van der Waals surface area contributed by atoms with Crippen LogP contribution >= 0.6 is 11.3 Å². The smallest absolute Gasteiger partial charge is 0.475 e. The summed E-state index contributed by atoms with van der Waals surface area (Å²) in [5.74, 6) is -2.41. The summed E-state index contributed by atoms with van der Waals surface area (Å²) in [4.78, 5) is 31.3. The summed E-state index contributed by atoms with van der Waals surface area (Å²) in [6, 6.07) is 0.392. The number of thiazole rings is 1. The average molecular weight is 449 g/mol.